The molecule has 0 spiro atoms. The van der Waals surface area contributed by atoms with Crippen LogP contribution in [0.25, 0.3) is 0 Å². The lowest BCUT2D eigenvalue weighted by Gasteiger charge is -2.28. The van der Waals surface area contributed by atoms with Crippen molar-refractivity contribution in [2.75, 3.05) is 7.05 Å². The average molecular weight is 191 g/mol. The number of nitrogens with zero attached hydrogens (tertiary/aromatic N) is 1. The molecule has 0 aromatic heterocycles. The summed E-state index contributed by atoms with van der Waals surface area (Å²) in [5.74, 6) is -0.178. The first-order chi connectivity index (χ1) is 6.46. The second kappa shape index (κ2) is 3.46. The van der Waals surface area contributed by atoms with E-state index in [1.54, 1.807) is 27.0 Å². The fourth-order valence-corrected chi connectivity index (χ4v) is 1.56. The monoisotopic (exact) mass is 191 g/mol. The van der Waals surface area contributed by atoms with Crippen LogP contribution in [0.4, 0.5) is 0 Å². The van der Waals surface area contributed by atoms with E-state index in [-0.39, 0.29) is 5.91 Å². The highest BCUT2D eigenvalue weighted by molar-refractivity contribution is 6.22. The Morgan fingerprint density at radius 1 is 1.64 bits per heavy atom. The van der Waals surface area contributed by atoms with E-state index >= 15 is 0 Å². The van der Waals surface area contributed by atoms with Crippen molar-refractivity contribution in [1.82, 2.24) is 4.90 Å². The fraction of sp³-hybridized carbons (Fsp3) is 0.300. The number of aliphatic hydroxyl groups is 1. The summed E-state index contributed by atoms with van der Waals surface area (Å²) in [5, 5.41) is 10.0. The molecule has 0 bridgehead atoms. The molecule has 0 fully saturated rings. The maximum atomic E-state index is 11.7. The van der Waals surface area contributed by atoms with Crippen LogP contribution < -0.4 is 0 Å². The summed E-state index contributed by atoms with van der Waals surface area (Å²) in [6.45, 7) is 5.44. The molecular formula is C10H14BNO2. The normalized spacial score (nSPS) is 27.9. The maximum absolute atomic E-state index is 11.7. The number of carbonyl (C=O) groups excluding carboxylic acids is 1. The van der Waals surface area contributed by atoms with Gasteiger partial charge >= 0.3 is 0 Å². The molecule has 3 nitrogen and oxygen atoms in total. The number of carbonyl (C=O) groups is 1. The summed E-state index contributed by atoms with van der Waals surface area (Å²) in [7, 11) is 3.15. The van der Waals surface area contributed by atoms with Crippen LogP contribution in [0, 0.1) is 0 Å². The number of hydrogen-bond acceptors (Lipinski definition) is 2. The molecule has 14 heavy (non-hydrogen) atoms. The molecule has 0 aromatic carbocycles. The Morgan fingerprint density at radius 2 is 2.21 bits per heavy atom. The summed E-state index contributed by atoms with van der Waals surface area (Å²) in [4.78, 5) is 13.0. The number of rotatable bonds is 2. The van der Waals surface area contributed by atoms with Gasteiger partial charge < -0.3 is 10.0 Å². The van der Waals surface area contributed by atoms with Crippen molar-refractivity contribution in [3.8, 4) is 0 Å². The van der Waals surface area contributed by atoms with E-state index in [1.807, 2.05) is 6.92 Å². The van der Waals surface area contributed by atoms with Crippen LogP contribution in [0.5, 0.6) is 0 Å². The lowest BCUT2D eigenvalue weighted by atomic mass is 9.83. The molecule has 1 amide bonds. The molecule has 1 aliphatic heterocycles. The number of hydrogen-bond donors (Lipinski definition) is 1. The molecule has 1 aliphatic rings. The zero-order valence-corrected chi connectivity index (χ0v) is 8.74. The SMILES string of the molecule is BC1(O)C(C=C)=C(/C=C\C)C(=O)N1C. The van der Waals surface area contributed by atoms with Crippen LogP contribution >= 0.6 is 0 Å². The third-order valence-corrected chi connectivity index (χ3v) is 2.53. The average Bonchev–Trinajstić information content (AvgIpc) is 2.28. The Hall–Kier alpha value is -1.29. The topological polar surface area (TPSA) is 40.5 Å². The van der Waals surface area contributed by atoms with E-state index in [1.165, 1.54) is 11.0 Å². The second-order valence-corrected chi connectivity index (χ2v) is 3.42. The van der Waals surface area contributed by atoms with Gasteiger partial charge in [0, 0.05) is 18.2 Å². The van der Waals surface area contributed by atoms with Gasteiger partial charge in [0.25, 0.3) is 5.91 Å². The van der Waals surface area contributed by atoms with Gasteiger partial charge in [-0.1, -0.05) is 24.8 Å². The van der Waals surface area contributed by atoms with Crippen LogP contribution in [0.1, 0.15) is 6.92 Å². The van der Waals surface area contributed by atoms with Gasteiger partial charge in [0.2, 0.25) is 0 Å². The van der Waals surface area contributed by atoms with Crippen LogP contribution in [-0.2, 0) is 4.79 Å². The van der Waals surface area contributed by atoms with Gasteiger partial charge in [0.15, 0.2) is 7.85 Å². The van der Waals surface area contributed by atoms with Crippen molar-refractivity contribution >= 4 is 13.8 Å². The quantitative estimate of drug-likeness (QED) is 0.614. The minimum Gasteiger partial charge on any atom is -0.375 e. The predicted octanol–water partition coefficient (Wildman–Crippen LogP) is -0.204. The molecule has 0 radical (unpaired) electrons. The molecule has 0 saturated carbocycles. The second-order valence-electron chi connectivity index (χ2n) is 3.42. The summed E-state index contributed by atoms with van der Waals surface area (Å²) in [6.07, 6.45) is 4.99. The molecule has 0 aliphatic carbocycles. The van der Waals surface area contributed by atoms with E-state index in [0.29, 0.717) is 11.1 Å². The first-order valence-corrected chi connectivity index (χ1v) is 4.47. The molecule has 0 aromatic rings. The largest absolute Gasteiger partial charge is 0.375 e. The van der Waals surface area contributed by atoms with Gasteiger partial charge in [-0.3, -0.25) is 4.79 Å². The Balaban J connectivity index is 3.33. The standard InChI is InChI=1S/C10H14BNO2/c1-4-6-7-8(5-2)10(11,14)12(3)9(7)13/h4-6,14H,2,11H2,1,3H3/b6-4-. The highest BCUT2D eigenvalue weighted by Gasteiger charge is 2.41. The van der Waals surface area contributed by atoms with Crippen molar-refractivity contribution in [2.45, 2.75) is 12.5 Å². The van der Waals surface area contributed by atoms with Crippen molar-refractivity contribution < 1.29 is 9.90 Å². The van der Waals surface area contributed by atoms with E-state index in [0.717, 1.165) is 0 Å². The number of likely N-dealkylation sites (N-methyl/N-ethyl adjacent to an activating group) is 1. The lowest BCUT2D eigenvalue weighted by molar-refractivity contribution is -0.131. The van der Waals surface area contributed by atoms with Crippen LogP contribution in [0.15, 0.2) is 36.0 Å². The van der Waals surface area contributed by atoms with Crippen molar-refractivity contribution in [1.29, 1.82) is 0 Å². The van der Waals surface area contributed by atoms with Crippen molar-refractivity contribution in [3.63, 3.8) is 0 Å². The van der Waals surface area contributed by atoms with Crippen LogP contribution in [-0.4, -0.2) is 36.4 Å². The Morgan fingerprint density at radius 3 is 2.64 bits per heavy atom. The first kappa shape index (κ1) is 10.8. The van der Waals surface area contributed by atoms with Gasteiger partial charge in [-0.25, -0.2) is 0 Å². The van der Waals surface area contributed by atoms with Crippen molar-refractivity contribution in [2.24, 2.45) is 0 Å². The molecule has 1 atom stereocenters. The molecule has 0 saturated heterocycles. The zero-order chi connectivity index (χ0) is 10.9. The Kier molecular flexibility index (Phi) is 2.67. The van der Waals surface area contributed by atoms with E-state index < -0.39 is 5.62 Å². The highest BCUT2D eigenvalue weighted by atomic mass is 16.3. The Labute approximate surface area is 84.8 Å². The van der Waals surface area contributed by atoms with E-state index in [9.17, 15) is 9.90 Å². The van der Waals surface area contributed by atoms with Crippen molar-refractivity contribution in [3.05, 3.63) is 36.0 Å². The predicted molar refractivity (Wildman–Crippen MR) is 58.3 cm³/mol. The van der Waals surface area contributed by atoms with Crippen LogP contribution in [0.3, 0.4) is 0 Å². The minimum atomic E-state index is -1.24. The van der Waals surface area contributed by atoms with Crippen LogP contribution in [0.2, 0.25) is 0 Å². The Bertz CT molecular complexity index is 342. The minimum absolute atomic E-state index is 0.178. The third kappa shape index (κ3) is 1.32. The third-order valence-electron chi connectivity index (χ3n) is 2.53. The summed E-state index contributed by atoms with van der Waals surface area (Å²) >= 11 is 0. The zero-order valence-electron chi connectivity index (χ0n) is 8.74. The molecule has 1 heterocycles. The van der Waals surface area contributed by atoms with Gasteiger partial charge in [-0.15, -0.1) is 0 Å². The van der Waals surface area contributed by atoms with Gasteiger partial charge in [0.1, 0.15) is 5.62 Å². The lowest BCUT2D eigenvalue weighted by Crippen LogP contribution is -2.46. The smallest absolute Gasteiger partial charge is 0.255 e. The first-order valence-electron chi connectivity index (χ1n) is 4.47. The van der Waals surface area contributed by atoms with Gasteiger partial charge in [-0.2, -0.15) is 0 Å². The van der Waals surface area contributed by atoms with Gasteiger partial charge in [-0.05, 0) is 6.92 Å². The maximum Gasteiger partial charge on any atom is 0.255 e. The molecule has 1 N–H and O–H groups in total. The number of amides is 1. The van der Waals surface area contributed by atoms with Gasteiger partial charge in [0.05, 0.1) is 0 Å². The highest BCUT2D eigenvalue weighted by Crippen LogP contribution is 2.31. The molecule has 1 unspecified atom stereocenters. The molecule has 4 heteroatoms. The van der Waals surface area contributed by atoms with E-state index in [4.69, 9.17) is 0 Å². The summed E-state index contributed by atoms with van der Waals surface area (Å²) in [5.41, 5.74) is -0.175. The number of allylic oxidation sites excluding steroid dienone is 1. The summed E-state index contributed by atoms with van der Waals surface area (Å²) in [6, 6.07) is 0. The molecular weight excluding hydrogens is 177 g/mol. The molecule has 1 rings (SSSR count). The fourth-order valence-electron chi connectivity index (χ4n) is 1.56. The summed E-state index contributed by atoms with van der Waals surface area (Å²) < 4.78 is 0. The molecule has 74 valence electrons. The van der Waals surface area contributed by atoms with E-state index in [2.05, 4.69) is 6.58 Å².